The SMILES string of the molecule is CC1(C)c2ccccc2-c2nc(Cl)nc(-c3ccc4c(c3)sc3ccccc34)c21. The third-order valence-electron chi connectivity index (χ3n) is 6.01. The van der Waals surface area contributed by atoms with Crippen LogP contribution in [0.5, 0.6) is 0 Å². The zero-order valence-corrected chi connectivity index (χ0v) is 17.6. The first-order valence-electron chi connectivity index (χ1n) is 9.63. The molecule has 0 bridgehead atoms. The molecule has 2 heterocycles. The van der Waals surface area contributed by atoms with Crippen molar-refractivity contribution in [2.75, 3.05) is 0 Å². The zero-order chi connectivity index (χ0) is 19.8. The molecule has 4 heteroatoms. The van der Waals surface area contributed by atoms with E-state index in [1.165, 1.54) is 25.7 Å². The van der Waals surface area contributed by atoms with Gasteiger partial charge in [0.2, 0.25) is 5.28 Å². The zero-order valence-electron chi connectivity index (χ0n) is 16.0. The molecule has 140 valence electrons. The van der Waals surface area contributed by atoms with Gasteiger partial charge in [-0.25, -0.2) is 9.97 Å². The Morgan fingerprint density at radius 1 is 0.793 bits per heavy atom. The van der Waals surface area contributed by atoms with Gasteiger partial charge in [-0.15, -0.1) is 11.3 Å². The largest absolute Gasteiger partial charge is 0.223 e. The van der Waals surface area contributed by atoms with Crippen LogP contribution in [-0.4, -0.2) is 9.97 Å². The second-order valence-corrected chi connectivity index (χ2v) is 9.47. The molecule has 2 aromatic heterocycles. The van der Waals surface area contributed by atoms with Crippen LogP contribution in [0.1, 0.15) is 25.0 Å². The topological polar surface area (TPSA) is 25.8 Å². The van der Waals surface area contributed by atoms with Crippen molar-refractivity contribution < 1.29 is 0 Å². The summed E-state index contributed by atoms with van der Waals surface area (Å²) in [5.41, 5.74) is 6.38. The maximum Gasteiger partial charge on any atom is 0.223 e. The number of thiophene rings is 1. The van der Waals surface area contributed by atoms with Gasteiger partial charge in [-0.1, -0.05) is 68.4 Å². The van der Waals surface area contributed by atoms with Crippen LogP contribution in [0.4, 0.5) is 0 Å². The molecule has 1 aliphatic rings. The molecule has 0 atom stereocenters. The van der Waals surface area contributed by atoms with Crippen LogP contribution in [0.3, 0.4) is 0 Å². The van der Waals surface area contributed by atoms with E-state index in [-0.39, 0.29) is 5.41 Å². The fraction of sp³-hybridized carbons (Fsp3) is 0.120. The Balaban J connectivity index is 1.65. The van der Waals surface area contributed by atoms with Gasteiger partial charge < -0.3 is 0 Å². The van der Waals surface area contributed by atoms with Gasteiger partial charge in [-0.2, -0.15) is 0 Å². The lowest BCUT2D eigenvalue weighted by Gasteiger charge is -2.23. The quantitative estimate of drug-likeness (QED) is 0.267. The fourth-order valence-electron chi connectivity index (χ4n) is 4.67. The number of benzene rings is 3. The highest BCUT2D eigenvalue weighted by molar-refractivity contribution is 7.25. The molecule has 0 saturated heterocycles. The Morgan fingerprint density at radius 2 is 1.52 bits per heavy atom. The first kappa shape index (κ1) is 17.1. The summed E-state index contributed by atoms with van der Waals surface area (Å²) in [5, 5.41) is 2.88. The molecular formula is C25H17ClN2S. The minimum atomic E-state index is -0.180. The van der Waals surface area contributed by atoms with E-state index >= 15 is 0 Å². The number of aromatic nitrogens is 2. The lowest BCUT2D eigenvalue weighted by atomic mass is 9.81. The molecular weight excluding hydrogens is 396 g/mol. The van der Waals surface area contributed by atoms with Crippen LogP contribution < -0.4 is 0 Å². The average Bonchev–Trinajstić information content (AvgIpc) is 3.20. The van der Waals surface area contributed by atoms with Crippen LogP contribution in [0.15, 0.2) is 66.7 Å². The summed E-state index contributed by atoms with van der Waals surface area (Å²) < 4.78 is 2.57. The highest BCUT2D eigenvalue weighted by Gasteiger charge is 2.39. The molecule has 29 heavy (non-hydrogen) atoms. The molecule has 2 nitrogen and oxygen atoms in total. The minimum Gasteiger partial charge on any atom is -0.218 e. The first-order chi connectivity index (χ1) is 14.0. The van der Waals surface area contributed by atoms with E-state index in [0.29, 0.717) is 5.28 Å². The van der Waals surface area contributed by atoms with Crippen LogP contribution in [0.25, 0.3) is 42.7 Å². The summed E-state index contributed by atoms with van der Waals surface area (Å²) in [6, 6.07) is 23.6. The molecule has 0 fully saturated rings. The molecule has 0 unspecified atom stereocenters. The molecule has 0 N–H and O–H groups in total. The van der Waals surface area contributed by atoms with Crippen LogP contribution in [-0.2, 0) is 5.41 Å². The first-order valence-corrected chi connectivity index (χ1v) is 10.8. The molecule has 5 aromatic rings. The van der Waals surface area contributed by atoms with Crippen molar-refractivity contribution in [3.05, 3.63) is 83.1 Å². The van der Waals surface area contributed by atoms with E-state index in [9.17, 15) is 0 Å². The molecule has 3 aromatic carbocycles. The molecule has 0 aliphatic heterocycles. The number of hydrogen-bond donors (Lipinski definition) is 0. The van der Waals surface area contributed by atoms with E-state index < -0.39 is 0 Å². The van der Waals surface area contributed by atoms with E-state index in [2.05, 4.69) is 85.6 Å². The third kappa shape index (κ3) is 2.35. The van der Waals surface area contributed by atoms with Gasteiger partial charge in [0.25, 0.3) is 0 Å². The second kappa shape index (κ2) is 5.88. The Morgan fingerprint density at radius 3 is 2.41 bits per heavy atom. The summed E-state index contributed by atoms with van der Waals surface area (Å²) in [6.07, 6.45) is 0. The lowest BCUT2D eigenvalue weighted by Crippen LogP contribution is -2.17. The Kier molecular flexibility index (Phi) is 3.48. The Labute approximate surface area is 177 Å². The Hall–Kier alpha value is -2.75. The molecule has 1 aliphatic carbocycles. The van der Waals surface area contributed by atoms with Crippen molar-refractivity contribution in [1.29, 1.82) is 0 Å². The van der Waals surface area contributed by atoms with Gasteiger partial charge in [-0.05, 0) is 29.3 Å². The third-order valence-corrected chi connectivity index (χ3v) is 7.32. The van der Waals surface area contributed by atoms with Gasteiger partial charge >= 0.3 is 0 Å². The van der Waals surface area contributed by atoms with E-state index in [1.807, 2.05) is 11.3 Å². The van der Waals surface area contributed by atoms with Gasteiger partial charge in [0.15, 0.2) is 0 Å². The number of hydrogen-bond acceptors (Lipinski definition) is 3. The molecule has 0 radical (unpaired) electrons. The predicted molar refractivity (Wildman–Crippen MR) is 123 cm³/mol. The smallest absolute Gasteiger partial charge is 0.218 e. The van der Waals surface area contributed by atoms with Crippen molar-refractivity contribution in [2.45, 2.75) is 19.3 Å². The number of halogens is 1. The van der Waals surface area contributed by atoms with Crippen molar-refractivity contribution in [1.82, 2.24) is 9.97 Å². The van der Waals surface area contributed by atoms with E-state index in [0.717, 1.165) is 28.1 Å². The minimum absolute atomic E-state index is 0.180. The normalized spacial score (nSPS) is 14.3. The number of nitrogens with zero attached hydrogens (tertiary/aromatic N) is 2. The van der Waals surface area contributed by atoms with Crippen LogP contribution in [0, 0.1) is 0 Å². The van der Waals surface area contributed by atoms with Crippen LogP contribution in [0.2, 0.25) is 5.28 Å². The van der Waals surface area contributed by atoms with Gasteiger partial charge in [0.05, 0.1) is 11.4 Å². The molecule has 6 rings (SSSR count). The maximum absolute atomic E-state index is 6.40. The average molecular weight is 413 g/mol. The van der Waals surface area contributed by atoms with Crippen molar-refractivity contribution in [2.24, 2.45) is 0 Å². The lowest BCUT2D eigenvalue weighted by molar-refractivity contribution is 0.657. The predicted octanol–water partition coefficient (Wildman–Crippen LogP) is 7.47. The maximum atomic E-state index is 6.40. The highest BCUT2D eigenvalue weighted by Crippen LogP contribution is 2.51. The number of rotatable bonds is 1. The van der Waals surface area contributed by atoms with E-state index in [1.54, 1.807) is 0 Å². The fourth-order valence-corrected chi connectivity index (χ4v) is 5.99. The summed E-state index contributed by atoms with van der Waals surface area (Å²) in [6.45, 7) is 4.49. The Bertz CT molecular complexity index is 1450. The standard InChI is InChI=1S/C25H17ClN2S/c1-25(2)18-9-5-3-8-17(18)23-21(25)22(27-24(26)28-23)14-11-12-16-15-7-4-6-10-19(15)29-20(16)13-14/h3-13H,1-2H3. The van der Waals surface area contributed by atoms with Crippen molar-refractivity contribution in [3.63, 3.8) is 0 Å². The monoisotopic (exact) mass is 412 g/mol. The highest BCUT2D eigenvalue weighted by atomic mass is 35.5. The van der Waals surface area contributed by atoms with Gasteiger partial charge in [0.1, 0.15) is 0 Å². The van der Waals surface area contributed by atoms with Crippen molar-refractivity contribution in [3.8, 4) is 22.5 Å². The van der Waals surface area contributed by atoms with Crippen molar-refractivity contribution >= 4 is 43.1 Å². The molecule has 0 spiro atoms. The molecule has 0 saturated carbocycles. The van der Waals surface area contributed by atoms with E-state index in [4.69, 9.17) is 16.6 Å². The summed E-state index contributed by atoms with van der Waals surface area (Å²) in [4.78, 5) is 9.34. The summed E-state index contributed by atoms with van der Waals surface area (Å²) in [7, 11) is 0. The number of fused-ring (bicyclic) bond motifs is 6. The molecule has 0 amide bonds. The second-order valence-electron chi connectivity index (χ2n) is 8.04. The van der Waals surface area contributed by atoms with Gasteiger partial charge in [0, 0.05) is 42.3 Å². The summed E-state index contributed by atoms with van der Waals surface area (Å²) in [5.74, 6) is 0. The summed E-state index contributed by atoms with van der Waals surface area (Å²) >= 11 is 8.22. The van der Waals surface area contributed by atoms with Crippen LogP contribution >= 0.6 is 22.9 Å². The van der Waals surface area contributed by atoms with Gasteiger partial charge in [-0.3, -0.25) is 0 Å².